The molecule has 0 aliphatic rings. The van der Waals surface area contributed by atoms with Crippen LogP contribution in [0.3, 0.4) is 0 Å². The zero-order valence-electron chi connectivity index (χ0n) is 18.9. The molecule has 0 heterocycles. The molecule has 32 heavy (non-hydrogen) atoms. The van der Waals surface area contributed by atoms with E-state index in [1.165, 1.54) is 19.3 Å². The van der Waals surface area contributed by atoms with Crippen molar-refractivity contribution in [3.63, 3.8) is 0 Å². The van der Waals surface area contributed by atoms with Crippen LogP contribution in [0.25, 0.3) is 0 Å². The van der Waals surface area contributed by atoms with Gasteiger partial charge in [0.15, 0.2) is 0 Å². The number of hydrogen-bond donors (Lipinski definition) is 6. The Morgan fingerprint density at radius 3 is 1.88 bits per heavy atom. The van der Waals surface area contributed by atoms with Gasteiger partial charge in [-0.25, -0.2) is 0 Å². The van der Waals surface area contributed by atoms with Gasteiger partial charge in [0.05, 0.1) is 18.9 Å². The van der Waals surface area contributed by atoms with E-state index in [9.17, 15) is 29.1 Å². The van der Waals surface area contributed by atoms with Gasteiger partial charge in [-0.05, 0) is 12.8 Å². The summed E-state index contributed by atoms with van der Waals surface area (Å²) < 4.78 is 0. The second kappa shape index (κ2) is 16.9. The molecule has 5 amide bonds. The maximum Gasteiger partial charge on any atom is 0.243 e. The van der Waals surface area contributed by atoms with Gasteiger partial charge in [0, 0.05) is 6.42 Å². The van der Waals surface area contributed by atoms with Crippen LogP contribution < -0.4 is 27.8 Å². The summed E-state index contributed by atoms with van der Waals surface area (Å²) in [7, 11) is 0. The summed E-state index contributed by atoms with van der Waals surface area (Å²) in [5.74, 6) is -3.90. The minimum atomic E-state index is -1.35. The quantitative estimate of drug-likeness (QED) is 0.140. The van der Waals surface area contributed by atoms with Gasteiger partial charge in [-0.15, -0.1) is 0 Å². The highest BCUT2D eigenvalue weighted by molar-refractivity contribution is 5.94. The van der Waals surface area contributed by atoms with Crippen molar-refractivity contribution < 1.29 is 29.1 Å². The van der Waals surface area contributed by atoms with Crippen molar-refractivity contribution in [2.45, 2.75) is 102 Å². The number of nitrogens with one attached hydrogen (secondary N) is 2. The molecule has 11 heteroatoms. The van der Waals surface area contributed by atoms with Crippen LogP contribution in [0, 0.1) is 0 Å². The fraction of sp³-hybridized carbons (Fsp3) is 0.762. The molecule has 0 aliphatic heterocycles. The van der Waals surface area contributed by atoms with Crippen molar-refractivity contribution in [1.29, 1.82) is 0 Å². The average molecular weight is 458 g/mol. The summed E-state index contributed by atoms with van der Waals surface area (Å²) in [4.78, 5) is 58.4. The van der Waals surface area contributed by atoms with Crippen LogP contribution in [0.1, 0.15) is 84.0 Å². The van der Waals surface area contributed by atoms with E-state index in [0.717, 1.165) is 25.7 Å². The molecule has 0 aliphatic carbocycles. The van der Waals surface area contributed by atoms with Crippen molar-refractivity contribution >= 4 is 29.5 Å². The Bertz CT molecular complexity index is 628. The van der Waals surface area contributed by atoms with Gasteiger partial charge in [0.2, 0.25) is 29.5 Å². The average Bonchev–Trinajstić information content (AvgIpc) is 2.68. The standard InChI is InChI=1S/C21H39N5O6/c1-2-3-4-5-6-7-8-9-14(27)12-19(30)25-16(13-18(23)29)21(32)26-15(20(24)31)10-11-17(22)28/h14-16,27H,2-13H2,1H3,(H2,22,28)(H2,23,29)(H2,24,31)(H,25,30)(H,26,32)/t14-,15-,16-/m0/s1. The van der Waals surface area contributed by atoms with Gasteiger partial charge in [-0.3, -0.25) is 24.0 Å². The van der Waals surface area contributed by atoms with Crippen LogP contribution in [-0.4, -0.2) is 52.8 Å². The molecule has 9 N–H and O–H groups in total. The highest BCUT2D eigenvalue weighted by atomic mass is 16.3. The molecule has 11 nitrogen and oxygen atoms in total. The van der Waals surface area contributed by atoms with Crippen LogP contribution in [0.2, 0.25) is 0 Å². The van der Waals surface area contributed by atoms with E-state index < -0.39 is 54.1 Å². The zero-order chi connectivity index (χ0) is 24.5. The van der Waals surface area contributed by atoms with Gasteiger partial charge in [-0.1, -0.05) is 51.9 Å². The van der Waals surface area contributed by atoms with Crippen LogP contribution in [0.4, 0.5) is 0 Å². The fourth-order valence-corrected chi connectivity index (χ4v) is 3.16. The first-order valence-corrected chi connectivity index (χ1v) is 11.2. The molecular formula is C21H39N5O6. The Kier molecular flexibility index (Phi) is 15.5. The Morgan fingerprint density at radius 2 is 1.34 bits per heavy atom. The topological polar surface area (TPSA) is 208 Å². The Hall–Kier alpha value is -2.69. The van der Waals surface area contributed by atoms with Crippen LogP contribution in [-0.2, 0) is 24.0 Å². The molecule has 0 unspecified atom stereocenters. The lowest BCUT2D eigenvalue weighted by atomic mass is 10.0. The number of unbranched alkanes of at least 4 members (excludes halogenated alkanes) is 6. The van der Waals surface area contributed by atoms with Crippen molar-refractivity contribution in [2.75, 3.05) is 0 Å². The third kappa shape index (κ3) is 15.2. The molecule has 0 aromatic carbocycles. The van der Waals surface area contributed by atoms with E-state index in [4.69, 9.17) is 17.2 Å². The maximum absolute atomic E-state index is 12.5. The summed E-state index contributed by atoms with van der Waals surface area (Å²) >= 11 is 0. The highest BCUT2D eigenvalue weighted by Gasteiger charge is 2.27. The summed E-state index contributed by atoms with van der Waals surface area (Å²) in [6, 6.07) is -2.55. The molecule has 184 valence electrons. The second-order valence-electron chi connectivity index (χ2n) is 8.03. The van der Waals surface area contributed by atoms with Gasteiger partial charge < -0.3 is 32.9 Å². The summed E-state index contributed by atoms with van der Waals surface area (Å²) in [5, 5.41) is 14.7. The smallest absolute Gasteiger partial charge is 0.243 e. The van der Waals surface area contributed by atoms with E-state index in [2.05, 4.69) is 17.6 Å². The normalized spacial score (nSPS) is 13.6. The first-order chi connectivity index (χ1) is 15.1. The molecule has 0 radical (unpaired) electrons. The molecule has 0 saturated heterocycles. The van der Waals surface area contributed by atoms with E-state index >= 15 is 0 Å². The van der Waals surface area contributed by atoms with E-state index in [0.29, 0.717) is 6.42 Å². The van der Waals surface area contributed by atoms with Crippen molar-refractivity contribution in [2.24, 2.45) is 17.2 Å². The molecule has 0 aromatic rings. The minimum absolute atomic E-state index is 0.120. The molecule has 0 fully saturated rings. The van der Waals surface area contributed by atoms with E-state index in [1.807, 2.05) is 0 Å². The predicted octanol–water partition coefficient (Wildman–Crippen LogP) is -0.526. The number of carbonyl (C=O) groups is 5. The molecule has 0 spiro atoms. The summed E-state index contributed by atoms with van der Waals surface area (Å²) in [5.41, 5.74) is 15.4. The Labute approximate surface area is 189 Å². The molecule has 3 atom stereocenters. The minimum Gasteiger partial charge on any atom is -0.393 e. The monoisotopic (exact) mass is 457 g/mol. The Balaban J connectivity index is 4.62. The van der Waals surface area contributed by atoms with E-state index in [-0.39, 0.29) is 19.3 Å². The van der Waals surface area contributed by atoms with Crippen LogP contribution in [0.15, 0.2) is 0 Å². The number of aliphatic hydroxyl groups is 1. The maximum atomic E-state index is 12.5. The number of hydrogen-bond acceptors (Lipinski definition) is 6. The molecule has 0 bridgehead atoms. The lowest BCUT2D eigenvalue weighted by Crippen LogP contribution is -2.54. The zero-order valence-corrected chi connectivity index (χ0v) is 18.9. The van der Waals surface area contributed by atoms with Crippen molar-refractivity contribution in [1.82, 2.24) is 10.6 Å². The fourth-order valence-electron chi connectivity index (χ4n) is 3.16. The Morgan fingerprint density at radius 1 is 0.750 bits per heavy atom. The van der Waals surface area contributed by atoms with Gasteiger partial charge in [0.1, 0.15) is 12.1 Å². The number of rotatable bonds is 19. The van der Waals surface area contributed by atoms with E-state index in [1.54, 1.807) is 0 Å². The third-order valence-electron chi connectivity index (χ3n) is 4.96. The largest absolute Gasteiger partial charge is 0.393 e. The second-order valence-corrected chi connectivity index (χ2v) is 8.03. The van der Waals surface area contributed by atoms with Gasteiger partial charge >= 0.3 is 0 Å². The first-order valence-electron chi connectivity index (χ1n) is 11.2. The molecule has 0 saturated carbocycles. The van der Waals surface area contributed by atoms with Crippen molar-refractivity contribution in [3.05, 3.63) is 0 Å². The summed E-state index contributed by atoms with van der Waals surface area (Å²) in [6.45, 7) is 2.15. The SMILES string of the molecule is CCCCCCCCC[C@H](O)CC(=O)N[C@@H](CC(N)=O)C(=O)N[C@@H](CCC(N)=O)C(N)=O. The van der Waals surface area contributed by atoms with Crippen LogP contribution >= 0.6 is 0 Å². The number of carbonyl (C=O) groups excluding carboxylic acids is 5. The number of amides is 5. The van der Waals surface area contributed by atoms with Crippen LogP contribution in [0.5, 0.6) is 0 Å². The highest BCUT2D eigenvalue weighted by Crippen LogP contribution is 2.11. The predicted molar refractivity (Wildman–Crippen MR) is 119 cm³/mol. The molecule has 0 rings (SSSR count). The molecule has 0 aromatic heterocycles. The third-order valence-corrected chi connectivity index (χ3v) is 4.96. The lowest BCUT2D eigenvalue weighted by molar-refractivity contribution is -0.133. The van der Waals surface area contributed by atoms with Gasteiger partial charge in [-0.2, -0.15) is 0 Å². The van der Waals surface area contributed by atoms with Gasteiger partial charge in [0.25, 0.3) is 0 Å². The number of primary amides is 3. The number of aliphatic hydroxyl groups excluding tert-OH is 1. The number of nitrogens with two attached hydrogens (primary N) is 3. The summed E-state index contributed by atoms with van der Waals surface area (Å²) in [6.07, 6.45) is 6.10. The first kappa shape index (κ1) is 29.3. The van der Waals surface area contributed by atoms with Crippen molar-refractivity contribution in [3.8, 4) is 0 Å². The lowest BCUT2D eigenvalue weighted by Gasteiger charge is -2.21. The molecular weight excluding hydrogens is 418 g/mol.